The topological polar surface area (TPSA) is 123 Å². The lowest BCUT2D eigenvalue weighted by molar-refractivity contribution is -0.141. The van der Waals surface area contributed by atoms with Gasteiger partial charge in [-0.25, -0.2) is 9.36 Å². The standard InChI is InChI=1S/C32H46N3O7P/c1-7-8-21-27(43(39,41-24-16-11-9-12-17-24)42-25-18-13-10-14-19-25)33-29(36)26-20-15-22-35(26)30(37)28(23(2)3)34-31(38)40-32(4,5)6/h9-14,16-19,23,26-28H,7-8,15,20-22H2,1-6H3,(H,33,36)(H,34,38)/t26-,27?,28-/m0/s1. The van der Waals surface area contributed by atoms with E-state index in [2.05, 4.69) is 10.6 Å². The summed E-state index contributed by atoms with van der Waals surface area (Å²) in [6.45, 7) is 11.2. The molecule has 0 radical (unpaired) electrons. The molecule has 1 aliphatic heterocycles. The molecule has 11 heteroatoms. The number of ether oxygens (including phenoxy) is 1. The van der Waals surface area contributed by atoms with Crippen molar-refractivity contribution >= 4 is 25.5 Å². The number of nitrogens with zero attached hydrogens (tertiary/aromatic N) is 1. The highest BCUT2D eigenvalue weighted by Gasteiger charge is 2.44. The molecule has 43 heavy (non-hydrogen) atoms. The summed E-state index contributed by atoms with van der Waals surface area (Å²) in [5, 5.41) is 5.63. The normalized spacial score (nSPS) is 16.7. The van der Waals surface area contributed by atoms with Gasteiger partial charge in [-0.3, -0.25) is 9.59 Å². The van der Waals surface area contributed by atoms with Gasteiger partial charge in [-0.1, -0.05) is 70.0 Å². The van der Waals surface area contributed by atoms with Crippen LogP contribution in [0.4, 0.5) is 4.79 Å². The zero-order valence-corrected chi connectivity index (χ0v) is 27.0. The number of benzene rings is 2. The van der Waals surface area contributed by atoms with Crippen LogP contribution in [-0.4, -0.2) is 52.8 Å². The predicted octanol–water partition coefficient (Wildman–Crippen LogP) is 6.51. The Balaban J connectivity index is 1.85. The molecule has 1 heterocycles. The fourth-order valence-electron chi connectivity index (χ4n) is 4.80. The molecule has 3 atom stereocenters. The fraction of sp³-hybridized carbons (Fsp3) is 0.531. The zero-order valence-electron chi connectivity index (χ0n) is 26.1. The number of alkyl carbamates (subject to hydrolysis) is 1. The number of amides is 3. The first-order valence-electron chi connectivity index (χ1n) is 15.0. The van der Waals surface area contributed by atoms with Crippen LogP contribution in [-0.2, 0) is 18.9 Å². The number of carbonyl (C=O) groups is 3. The molecule has 236 valence electrons. The Kier molecular flexibility index (Phi) is 12.1. The summed E-state index contributed by atoms with van der Waals surface area (Å²) in [4.78, 5) is 41.6. The van der Waals surface area contributed by atoms with Crippen molar-refractivity contribution in [2.24, 2.45) is 5.92 Å². The lowest BCUT2D eigenvalue weighted by atomic mass is 10.0. The van der Waals surface area contributed by atoms with Gasteiger partial charge in [0.25, 0.3) is 0 Å². The maximum atomic E-state index is 14.6. The molecule has 1 aliphatic rings. The zero-order chi connectivity index (χ0) is 31.6. The Morgan fingerprint density at radius 1 is 0.953 bits per heavy atom. The molecular formula is C32H46N3O7P. The summed E-state index contributed by atoms with van der Waals surface area (Å²) >= 11 is 0. The third-order valence-electron chi connectivity index (χ3n) is 6.92. The molecule has 3 amide bonds. The highest BCUT2D eigenvalue weighted by Crippen LogP contribution is 2.53. The molecule has 1 fully saturated rings. The van der Waals surface area contributed by atoms with Crippen LogP contribution in [0.5, 0.6) is 11.5 Å². The first-order valence-corrected chi connectivity index (χ1v) is 16.6. The second-order valence-corrected chi connectivity index (χ2v) is 14.1. The summed E-state index contributed by atoms with van der Waals surface area (Å²) in [6.07, 6.45) is 2.14. The molecule has 10 nitrogen and oxygen atoms in total. The van der Waals surface area contributed by atoms with Crippen molar-refractivity contribution in [3.8, 4) is 11.5 Å². The molecule has 2 aromatic rings. The van der Waals surface area contributed by atoms with Crippen molar-refractivity contribution in [2.75, 3.05) is 6.54 Å². The number of unbranched alkanes of at least 4 members (excludes halogenated alkanes) is 1. The minimum Gasteiger partial charge on any atom is -0.444 e. The van der Waals surface area contributed by atoms with E-state index in [1.54, 1.807) is 69.3 Å². The molecule has 0 saturated carbocycles. The van der Waals surface area contributed by atoms with Crippen molar-refractivity contribution < 1.29 is 32.7 Å². The van der Waals surface area contributed by atoms with Gasteiger partial charge in [0.05, 0.1) is 0 Å². The van der Waals surface area contributed by atoms with Crippen LogP contribution in [0.15, 0.2) is 60.7 Å². The minimum absolute atomic E-state index is 0.250. The van der Waals surface area contributed by atoms with Crippen LogP contribution in [0.1, 0.15) is 73.6 Å². The average Bonchev–Trinajstić information content (AvgIpc) is 3.44. The summed E-state index contributed by atoms with van der Waals surface area (Å²) in [5.41, 5.74) is -0.726. The number of carbonyl (C=O) groups excluding carboxylic acids is 3. The van der Waals surface area contributed by atoms with Gasteiger partial charge >= 0.3 is 13.7 Å². The summed E-state index contributed by atoms with van der Waals surface area (Å²) in [5.74, 6) is -1.33. The van der Waals surface area contributed by atoms with E-state index in [9.17, 15) is 18.9 Å². The molecule has 1 saturated heterocycles. The van der Waals surface area contributed by atoms with Crippen LogP contribution >= 0.6 is 7.60 Å². The van der Waals surface area contributed by atoms with Crippen molar-refractivity contribution in [3.05, 3.63) is 60.7 Å². The fourth-order valence-corrected chi connectivity index (χ4v) is 6.71. The van der Waals surface area contributed by atoms with Crippen molar-refractivity contribution in [1.82, 2.24) is 15.5 Å². The van der Waals surface area contributed by atoms with Crippen molar-refractivity contribution in [2.45, 2.75) is 97.1 Å². The van der Waals surface area contributed by atoms with E-state index in [-0.39, 0.29) is 11.8 Å². The molecular weight excluding hydrogens is 569 g/mol. The van der Waals surface area contributed by atoms with Gasteiger partial charge in [0.2, 0.25) is 11.8 Å². The molecule has 0 bridgehead atoms. The van der Waals surface area contributed by atoms with Crippen LogP contribution < -0.4 is 19.7 Å². The average molecular weight is 616 g/mol. The lowest BCUT2D eigenvalue weighted by Crippen LogP contribution is -2.56. The number of para-hydroxylation sites is 2. The first-order chi connectivity index (χ1) is 20.3. The van der Waals surface area contributed by atoms with E-state index < -0.39 is 43.1 Å². The minimum atomic E-state index is -4.02. The first kappa shape index (κ1) is 34.0. The molecule has 3 rings (SSSR count). The van der Waals surface area contributed by atoms with Gasteiger partial charge in [-0.05, 0) is 70.2 Å². The molecule has 2 aromatic carbocycles. The summed E-state index contributed by atoms with van der Waals surface area (Å²) in [6, 6.07) is 15.7. The molecule has 2 N–H and O–H groups in total. The van der Waals surface area contributed by atoms with E-state index in [0.717, 1.165) is 6.42 Å². The van der Waals surface area contributed by atoms with Crippen molar-refractivity contribution in [1.29, 1.82) is 0 Å². The lowest BCUT2D eigenvalue weighted by Gasteiger charge is -2.33. The highest BCUT2D eigenvalue weighted by molar-refractivity contribution is 7.55. The van der Waals surface area contributed by atoms with E-state index in [0.29, 0.717) is 43.7 Å². The largest absolute Gasteiger partial charge is 0.452 e. The van der Waals surface area contributed by atoms with E-state index in [4.69, 9.17) is 13.8 Å². The second-order valence-electron chi connectivity index (χ2n) is 12.1. The van der Waals surface area contributed by atoms with Gasteiger partial charge < -0.3 is 29.3 Å². The summed E-state index contributed by atoms with van der Waals surface area (Å²) < 4.78 is 32.0. The summed E-state index contributed by atoms with van der Waals surface area (Å²) in [7, 11) is -4.02. The van der Waals surface area contributed by atoms with Crippen LogP contribution in [0, 0.1) is 5.92 Å². The smallest absolute Gasteiger partial charge is 0.444 e. The van der Waals surface area contributed by atoms with Gasteiger partial charge in [-0.15, -0.1) is 0 Å². The monoisotopic (exact) mass is 615 g/mol. The molecule has 1 unspecified atom stereocenters. The number of hydrogen-bond donors (Lipinski definition) is 2. The van der Waals surface area contributed by atoms with Gasteiger partial charge in [0.15, 0.2) is 5.78 Å². The Bertz CT molecular complexity index is 1210. The Morgan fingerprint density at radius 2 is 1.51 bits per heavy atom. The van der Waals surface area contributed by atoms with E-state index in [1.807, 2.05) is 32.9 Å². The maximum absolute atomic E-state index is 14.6. The Labute approximate surface area is 255 Å². The SMILES string of the molecule is CCCCC(NC(=O)[C@@H]1CCCN1C(=O)[C@@H](NC(=O)OC(C)(C)C)C(C)C)P(=O)(Oc1ccccc1)Oc1ccccc1. The number of nitrogens with one attached hydrogen (secondary N) is 2. The van der Waals surface area contributed by atoms with Gasteiger partial charge in [-0.2, -0.15) is 0 Å². The highest BCUT2D eigenvalue weighted by atomic mass is 31.2. The Hall–Kier alpha value is -3.52. The second kappa shape index (κ2) is 15.3. The van der Waals surface area contributed by atoms with Gasteiger partial charge in [0.1, 0.15) is 29.2 Å². The molecule has 0 aromatic heterocycles. The molecule has 0 spiro atoms. The third kappa shape index (κ3) is 10.0. The maximum Gasteiger partial charge on any atom is 0.452 e. The quantitative estimate of drug-likeness (QED) is 0.246. The third-order valence-corrected chi connectivity index (χ3v) is 9.00. The number of likely N-dealkylation sites (tertiary alicyclic amines) is 1. The van der Waals surface area contributed by atoms with Crippen LogP contribution in [0.2, 0.25) is 0 Å². The van der Waals surface area contributed by atoms with Gasteiger partial charge in [0, 0.05) is 6.54 Å². The molecule has 0 aliphatic carbocycles. The number of rotatable bonds is 13. The Morgan fingerprint density at radius 3 is 2.00 bits per heavy atom. The number of hydrogen-bond acceptors (Lipinski definition) is 7. The van der Waals surface area contributed by atoms with Crippen molar-refractivity contribution in [3.63, 3.8) is 0 Å². The van der Waals surface area contributed by atoms with E-state index in [1.165, 1.54) is 4.90 Å². The van der Waals surface area contributed by atoms with Crippen LogP contribution in [0.3, 0.4) is 0 Å². The van der Waals surface area contributed by atoms with E-state index >= 15 is 0 Å². The van der Waals surface area contributed by atoms with Crippen LogP contribution in [0.25, 0.3) is 0 Å². The predicted molar refractivity (Wildman–Crippen MR) is 166 cm³/mol.